The molecule has 1 heteroatoms. The van der Waals surface area contributed by atoms with E-state index in [1.54, 1.807) is 0 Å². The molecule has 8 heavy (non-hydrogen) atoms. The van der Waals surface area contributed by atoms with Crippen molar-refractivity contribution in [2.24, 2.45) is 0 Å². The van der Waals surface area contributed by atoms with Gasteiger partial charge in [0, 0.05) is 0 Å². The predicted octanol–water partition coefficient (Wildman–Crippen LogP) is 1.46. The van der Waals surface area contributed by atoms with Crippen LogP contribution in [0.15, 0.2) is 30.3 Å². The van der Waals surface area contributed by atoms with Crippen LogP contribution in [0.25, 0.3) is 0 Å². The van der Waals surface area contributed by atoms with Crippen LogP contribution in [0, 0.1) is 6.92 Å². The third kappa shape index (κ3) is 2.51. The molecule has 0 unspecified atom stereocenters. The van der Waals surface area contributed by atoms with Crippen molar-refractivity contribution in [2.75, 3.05) is 0 Å². The monoisotopic (exact) mass is 117 g/mol. The van der Waals surface area contributed by atoms with E-state index in [9.17, 15) is 0 Å². The molecule has 0 N–H and O–H groups in total. The Morgan fingerprint density at radius 2 is 1.62 bits per heavy atom. The van der Waals surface area contributed by atoms with Gasteiger partial charge in [-0.25, -0.2) is 0 Å². The van der Waals surface area contributed by atoms with Crippen LogP contribution in [0.5, 0.6) is 0 Å². The van der Waals surface area contributed by atoms with Crippen molar-refractivity contribution in [3.63, 3.8) is 0 Å². The van der Waals surface area contributed by atoms with E-state index in [0.29, 0.717) is 0 Å². The van der Waals surface area contributed by atoms with Gasteiger partial charge in [0.2, 0.25) is 0 Å². The topological polar surface area (TPSA) is 0 Å². The summed E-state index contributed by atoms with van der Waals surface area (Å²) in [5, 5.41) is 0. The molecule has 1 aromatic rings. The van der Waals surface area contributed by atoms with Gasteiger partial charge < -0.3 is 0 Å². The van der Waals surface area contributed by atoms with Crippen LogP contribution in [0.3, 0.4) is 0 Å². The molecule has 0 radical (unpaired) electrons. The summed E-state index contributed by atoms with van der Waals surface area (Å²) in [4.78, 5) is 0. The third-order valence-electron chi connectivity index (χ3n) is 0.940. The molecule has 38 valence electrons. The van der Waals surface area contributed by atoms with E-state index >= 15 is 0 Å². The van der Waals surface area contributed by atoms with Gasteiger partial charge in [-0.3, -0.25) is 0 Å². The molecule has 0 spiro atoms. The van der Waals surface area contributed by atoms with Crippen molar-refractivity contribution in [1.29, 1.82) is 0 Å². The summed E-state index contributed by atoms with van der Waals surface area (Å²) in [7, 11) is 0. The zero-order valence-corrected chi connectivity index (χ0v) is 4.39. The molecular formula is C7H10Na+. The van der Waals surface area contributed by atoms with Gasteiger partial charge in [0.15, 0.2) is 0 Å². The first kappa shape index (κ1) is 8.22. The SMILES string of the molecule is Cc1ccccc1.[H+].[NaH]. The number of benzene rings is 1. The van der Waals surface area contributed by atoms with Crippen molar-refractivity contribution >= 4 is 29.6 Å². The summed E-state index contributed by atoms with van der Waals surface area (Å²) in [5.74, 6) is 0. The summed E-state index contributed by atoms with van der Waals surface area (Å²) >= 11 is 0. The molecular weight excluding hydrogens is 107 g/mol. The molecule has 0 aromatic heterocycles. The molecule has 0 nitrogen and oxygen atoms in total. The normalized spacial score (nSPS) is 7.62. The van der Waals surface area contributed by atoms with Crippen LogP contribution < -0.4 is 0 Å². The molecule has 0 atom stereocenters. The molecule has 0 saturated heterocycles. The van der Waals surface area contributed by atoms with E-state index < -0.39 is 0 Å². The van der Waals surface area contributed by atoms with Gasteiger partial charge in [-0.2, -0.15) is 0 Å². The zero-order chi connectivity index (χ0) is 5.11. The third-order valence-corrected chi connectivity index (χ3v) is 0.940. The standard InChI is InChI=1S/C7H8.Na.H/c1-7-5-3-2-4-6-7;;/h2-6H,1H3;;/p+1. The Labute approximate surface area is 73.7 Å². The van der Waals surface area contributed by atoms with E-state index in [-0.39, 0.29) is 31.0 Å². The van der Waals surface area contributed by atoms with Gasteiger partial charge in [0.1, 0.15) is 0 Å². The van der Waals surface area contributed by atoms with E-state index in [1.165, 1.54) is 5.56 Å². The molecule has 0 aliphatic heterocycles. The van der Waals surface area contributed by atoms with Crippen LogP contribution in [0.1, 0.15) is 6.99 Å². The van der Waals surface area contributed by atoms with Crippen molar-refractivity contribution in [1.82, 2.24) is 0 Å². The number of aryl methyl sites for hydroxylation is 1. The number of hydrogen-bond acceptors (Lipinski definition) is 0. The molecule has 0 aliphatic rings. The first-order valence-electron chi connectivity index (χ1n) is 2.41. The van der Waals surface area contributed by atoms with E-state index in [0.717, 1.165) is 0 Å². The maximum atomic E-state index is 2.08. The van der Waals surface area contributed by atoms with Gasteiger partial charge in [0.25, 0.3) is 0 Å². The molecule has 0 fully saturated rings. The number of hydrogen-bond donors (Lipinski definition) is 0. The van der Waals surface area contributed by atoms with Crippen molar-refractivity contribution in [3.05, 3.63) is 35.9 Å². The molecule has 0 heterocycles. The summed E-state index contributed by atoms with van der Waals surface area (Å²) in [6.07, 6.45) is 0. The van der Waals surface area contributed by atoms with Gasteiger partial charge in [-0.15, -0.1) is 0 Å². The summed E-state index contributed by atoms with van der Waals surface area (Å²) in [6.45, 7) is 2.08. The molecule has 0 aliphatic carbocycles. The van der Waals surface area contributed by atoms with Crippen LogP contribution >= 0.6 is 0 Å². The fraction of sp³-hybridized carbons (Fsp3) is 0.143. The molecule has 0 amide bonds. The van der Waals surface area contributed by atoms with Crippen LogP contribution in [-0.4, -0.2) is 29.6 Å². The Morgan fingerprint density at radius 3 is 1.88 bits per heavy atom. The second-order valence-corrected chi connectivity index (χ2v) is 1.65. The zero-order valence-electron chi connectivity index (χ0n) is 5.39. The van der Waals surface area contributed by atoms with E-state index in [2.05, 4.69) is 19.1 Å². The van der Waals surface area contributed by atoms with Crippen molar-refractivity contribution in [3.8, 4) is 0 Å². The van der Waals surface area contributed by atoms with E-state index in [4.69, 9.17) is 0 Å². The summed E-state index contributed by atoms with van der Waals surface area (Å²) < 4.78 is 0. The minimum absolute atomic E-state index is 0. The van der Waals surface area contributed by atoms with E-state index in [1.807, 2.05) is 18.2 Å². The average Bonchev–Trinajstić information content (AvgIpc) is 1.69. The van der Waals surface area contributed by atoms with Crippen LogP contribution in [-0.2, 0) is 0 Å². The Bertz CT molecular complexity index is 139. The quantitative estimate of drug-likeness (QED) is 0.451. The van der Waals surface area contributed by atoms with Gasteiger partial charge >= 0.3 is 31.0 Å². The summed E-state index contributed by atoms with van der Waals surface area (Å²) in [6, 6.07) is 10.3. The molecule has 0 bridgehead atoms. The maximum absolute atomic E-state index is 2.08. The summed E-state index contributed by atoms with van der Waals surface area (Å²) in [5.41, 5.74) is 1.32. The first-order chi connectivity index (χ1) is 3.39. The Hall–Kier alpha value is 0.220. The average molecular weight is 117 g/mol. The molecule has 1 rings (SSSR count). The fourth-order valence-corrected chi connectivity index (χ4v) is 0.534. The molecule has 1 aromatic carbocycles. The second kappa shape index (κ2) is 4.13. The van der Waals surface area contributed by atoms with Crippen LogP contribution in [0.4, 0.5) is 0 Å². The fourth-order valence-electron chi connectivity index (χ4n) is 0.534. The van der Waals surface area contributed by atoms with Gasteiger partial charge in [-0.1, -0.05) is 35.9 Å². The van der Waals surface area contributed by atoms with Crippen LogP contribution in [0.2, 0.25) is 0 Å². The number of rotatable bonds is 0. The Kier molecular flexibility index (Phi) is 4.25. The Balaban J connectivity index is 0. The Morgan fingerprint density at radius 1 is 1.12 bits per heavy atom. The predicted molar refractivity (Wildman–Crippen MR) is 39.4 cm³/mol. The van der Waals surface area contributed by atoms with Gasteiger partial charge in [0.05, 0.1) is 0 Å². The molecule has 0 saturated carbocycles. The minimum atomic E-state index is 0. The first-order valence-corrected chi connectivity index (χ1v) is 2.41. The second-order valence-electron chi connectivity index (χ2n) is 1.65. The van der Waals surface area contributed by atoms with Gasteiger partial charge in [-0.05, 0) is 6.92 Å². The van der Waals surface area contributed by atoms with Crippen molar-refractivity contribution in [2.45, 2.75) is 6.92 Å². The van der Waals surface area contributed by atoms with Crippen molar-refractivity contribution < 1.29 is 1.43 Å².